The molecule has 5 rings (SSSR count). The van der Waals surface area contributed by atoms with Crippen LogP contribution in [-0.2, 0) is 16.0 Å². The van der Waals surface area contributed by atoms with Gasteiger partial charge in [0.05, 0.1) is 5.92 Å². The topological polar surface area (TPSA) is 39.2 Å². The second-order valence-electron chi connectivity index (χ2n) is 7.52. The highest BCUT2D eigenvalue weighted by molar-refractivity contribution is 5.78. The van der Waals surface area contributed by atoms with Gasteiger partial charge in [-0.3, -0.25) is 9.78 Å². The molecular formula is C19H21NO2. The van der Waals surface area contributed by atoms with Crippen LogP contribution in [0.3, 0.4) is 0 Å². The molecule has 2 saturated carbocycles. The second kappa shape index (κ2) is 4.21. The smallest absolute Gasteiger partial charge is 0.310 e. The van der Waals surface area contributed by atoms with E-state index in [9.17, 15) is 4.79 Å². The normalized spacial score (nSPS) is 44.7. The minimum atomic E-state index is -0.227. The van der Waals surface area contributed by atoms with Gasteiger partial charge >= 0.3 is 5.97 Å². The number of carbonyl (C=O) groups is 1. The summed E-state index contributed by atoms with van der Waals surface area (Å²) in [5.74, 6) is 1.89. The van der Waals surface area contributed by atoms with Crippen LogP contribution < -0.4 is 0 Å². The number of rotatable bonds is 1. The van der Waals surface area contributed by atoms with Gasteiger partial charge in [-0.2, -0.15) is 0 Å². The molecule has 3 heteroatoms. The molecule has 6 atom stereocenters. The van der Waals surface area contributed by atoms with Gasteiger partial charge in [-0.25, -0.2) is 0 Å². The van der Waals surface area contributed by atoms with E-state index in [4.69, 9.17) is 4.74 Å². The molecule has 114 valence electrons. The van der Waals surface area contributed by atoms with E-state index in [2.05, 4.69) is 17.6 Å². The number of hydrogen-bond acceptors (Lipinski definition) is 3. The van der Waals surface area contributed by atoms with Crippen molar-refractivity contribution < 1.29 is 9.53 Å². The van der Waals surface area contributed by atoms with E-state index in [0.717, 1.165) is 19.3 Å². The number of nitrogens with zero attached hydrogens (tertiary/aromatic N) is 1. The molecule has 1 aliphatic heterocycles. The molecule has 1 saturated heterocycles. The first-order valence-corrected chi connectivity index (χ1v) is 8.53. The van der Waals surface area contributed by atoms with Crippen LogP contribution >= 0.6 is 0 Å². The standard InChI is InChI=1S/C19H21NO2/c1-2-12-4-6-16-14-5-3-11-10-20-8-7-13(11)17(14)15-9-19(12,16)22-18(15)21/h2,7-8,10,12,14-17H,1,3-6,9H2/t12-,14+,15+,16+,17+,19+/m1/s1. The zero-order valence-corrected chi connectivity index (χ0v) is 12.7. The van der Waals surface area contributed by atoms with E-state index in [1.807, 2.05) is 18.5 Å². The van der Waals surface area contributed by atoms with Gasteiger partial charge in [-0.15, -0.1) is 6.58 Å². The summed E-state index contributed by atoms with van der Waals surface area (Å²) in [6.45, 7) is 4.01. The van der Waals surface area contributed by atoms with Gasteiger partial charge in [0.1, 0.15) is 5.60 Å². The molecule has 3 fully saturated rings. The Balaban J connectivity index is 1.66. The lowest BCUT2D eigenvalue weighted by Gasteiger charge is -2.47. The van der Waals surface area contributed by atoms with Crippen LogP contribution in [-0.4, -0.2) is 16.6 Å². The first-order chi connectivity index (χ1) is 10.7. The zero-order chi connectivity index (χ0) is 14.9. The van der Waals surface area contributed by atoms with E-state index < -0.39 is 0 Å². The van der Waals surface area contributed by atoms with Crippen LogP contribution in [0, 0.1) is 23.7 Å². The Morgan fingerprint density at radius 1 is 1.36 bits per heavy atom. The number of fused-ring (bicyclic) bond motifs is 6. The van der Waals surface area contributed by atoms with Crippen LogP contribution in [0.2, 0.25) is 0 Å². The van der Waals surface area contributed by atoms with Crippen molar-refractivity contribution in [3.8, 4) is 0 Å². The third-order valence-electron chi connectivity index (χ3n) is 6.92. The lowest BCUT2D eigenvalue weighted by atomic mass is 9.56. The fraction of sp³-hybridized carbons (Fsp3) is 0.579. The molecule has 0 radical (unpaired) electrons. The molecule has 2 bridgehead atoms. The van der Waals surface area contributed by atoms with Crippen molar-refractivity contribution in [3.63, 3.8) is 0 Å². The predicted octanol–water partition coefficient (Wildman–Crippen LogP) is 3.26. The number of aromatic nitrogens is 1. The molecule has 1 spiro atoms. The Bertz CT molecular complexity index is 669. The van der Waals surface area contributed by atoms with Crippen molar-refractivity contribution in [3.05, 3.63) is 42.2 Å². The van der Waals surface area contributed by atoms with E-state index in [1.165, 1.54) is 24.0 Å². The maximum absolute atomic E-state index is 12.6. The number of pyridine rings is 1. The molecule has 0 amide bonds. The first-order valence-electron chi connectivity index (χ1n) is 8.53. The number of esters is 1. The number of hydrogen-bond donors (Lipinski definition) is 0. The second-order valence-corrected chi connectivity index (χ2v) is 7.52. The van der Waals surface area contributed by atoms with Crippen LogP contribution in [0.25, 0.3) is 0 Å². The van der Waals surface area contributed by atoms with Gasteiger partial charge in [0.2, 0.25) is 0 Å². The van der Waals surface area contributed by atoms with Crippen molar-refractivity contribution >= 4 is 5.97 Å². The SMILES string of the molecule is C=C[C@@H]1CC[C@H]2[C@@H]3CCc4cnccc4[C@@H]3[C@@H]3C[C@]12OC3=O. The predicted molar refractivity (Wildman–Crippen MR) is 82.1 cm³/mol. The average molecular weight is 295 g/mol. The molecule has 3 nitrogen and oxygen atoms in total. The van der Waals surface area contributed by atoms with E-state index in [0.29, 0.717) is 23.7 Å². The summed E-state index contributed by atoms with van der Waals surface area (Å²) in [5.41, 5.74) is 2.48. The maximum atomic E-state index is 12.6. The molecular weight excluding hydrogens is 274 g/mol. The highest BCUT2D eigenvalue weighted by Gasteiger charge is 2.67. The Hall–Kier alpha value is -1.64. The molecule has 0 N–H and O–H groups in total. The van der Waals surface area contributed by atoms with Gasteiger partial charge < -0.3 is 4.74 Å². The van der Waals surface area contributed by atoms with Crippen molar-refractivity contribution in [1.29, 1.82) is 0 Å². The molecule has 22 heavy (non-hydrogen) atoms. The Kier molecular flexibility index (Phi) is 2.46. The van der Waals surface area contributed by atoms with E-state index in [1.54, 1.807) is 0 Å². The molecule has 3 aliphatic carbocycles. The molecule has 2 heterocycles. The number of ether oxygens (including phenoxy) is 1. The zero-order valence-electron chi connectivity index (χ0n) is 12.7. The van der Waals surface area contributed by atoms with Crippen molar-refractivity contribution in [2.45, 2.75) is 43.6 Å². The molecule has 1 aromatic rings. The lowest BCUT2D eigenvalue weighted by molar-refractivity contribution is -0.154. The minimum Gasteiger partial charge on any atom is -0.458 e. The largest absolute Gasteiger partial charge is 0.458 e. The summed E-state index contributed by atoms with van der Waals surface area (Å²) in [4.78, 5) is 16.9. The summed E-state index contributed by atoms with van der Waals surface area (Å²) < 4.78 is 6.08. The molecule has 4 aliphatic rings. The molecule has 0 aromatic carbocycles. The van der Waals surface area contributed by atoms with Crippen LogP contribution in [0.1, 0.15) is 42.7 Å². The molecule has 1 aromatic heterocycles. The Morgan fingerprint density at radius 2 is 2.27 bits per heavy atom. The summed E-state index contributed by atoms with van der Waals surface area (Å²) in [5, 5.41) is 0. The molecule has 0 unspecified atom stereocenters. The number of aryl methyl sites for hydroxylation is 1. The van der Waals surface area contributed by atoms with Gasteiger partial charge in [-0.1, -0.05) is 6.08 Å². The fourth-order valence-electron chi connectivity index (χ4n) is 6.15. The highest BCUT2D eigenvalue weighted by Crippen LogP contribution is 2.65. The van der Waals surface area contributed by atoms with Gasteiger partial charge in [0.25, 0.3) is 0 Å². The quantitative estimate of drug-likeness (QED) is 0.590. The van der Waals surface area contributed by atoms with Crippen molar-refractivity contribution in [2.75, 3.05) is 0 Å². The number of carbonyl (C=O) groups excluding carboxylic acids is 1. The van der Waals surface area contributed by atoms with Crippen LogP contribution in [0.5, 0.6) is 0 Å². The monoisotopic (exact) mass is 295 g/mol. The van der Waals surface area contributed by atoms with Gasteiger partial charge in [0, 0.05) is 36.6 Å². The Labute approximate surface area is 130 Å². The first kappa shape index (κ1) is 12.9. The lowest BCUT2D eigenvalue weighted by Crippen LogP contribution is -2.48. The van der Waals surface area contributed by atoms with E-state index >= 15 is 0 Å². The maximum Gasteiger partial charge on any atom is 0.310 e. The third kappa shape index (κ3) is 1.38. The Morgan fingerprint density at radius 3 is 3.14 bits per heavy atom. The summed E-state index contributed by atoms with van der Waals surface area (Å²) in [6, 6.07) is 2.14. The summed E-state index contributed by atoms with van der Waals surface area (Å²) in [6.07, 6.45) is 11.4. The van der Waals surface area contributed by atoms with Gasteiger partial charge in [-0.05, 0) is 48.8 Å². The van der Waals surface area contributed by atoms with Gasteiger partial charge in [0.15, 0.2) is 0 Å². The van der Waals surface area contributed by atoms with E-state index in [-0.39, 0.29) is 17.5 Å². The third-order valence-corrected chi connectivity index (χ3v) is 6.92. The fourth-order valence-corrected chi connectivity index (χ4v) is 6.15. The van der Waals surface area contributed by atoms with Crippen LogP contribution in [0.4, 0.5) is 0 Å². The summed E-state index contributed by atoms with van der Waals surface area (Å²) >= 11 is 0. The van der Waals surface area contributed by atoms with Crippen molar-refractivity contribution in [2.24, 2.45) is 23.7 Å². The van der Waals surface area contributed by atoms with Crippen LogP contribution in [0.15, 0.2) is 31.1 Å². The van der Waals surface area contributed by atoms with Crippen molar-refractivity contribution in [1.82, 2.24) is 4.98 Å². The summed E-state index contributed by atoms with van der Waals surface area (Å²) in [7, 11) is 0. The highest BCUT2D eigenvalue weighted by atomic mass is 16.6. The average Bonchev–Trinajstić information content (AvgIpc) is 3.05. The minimum absolute atomic E-state index is 0.0379.